The summed E-state index contributed by atoms with van der Waals surface area (Å²) < 4.78 is 26.0. The van der Waals surface area contributed by atoms with Crippen molar-refractivity contribution in [3.05, 3.63) is 71.3 Å². The summed E-state index contributed by atoms with van der Waals surface area (Å²) in [7, 11) is 0. The van der Waals surface area contributed by atoms with E-state index in [0.29, 0.717) is 11.1 Å². The number of hydrogen-bond donors (Lipinski definition) is 0. The molecule has 0 atom stereocenters. The van der Waals surface area contributed by atoms with E-state index in [-0.39, 0.29) is 5.78 Å². The van der Waals surface area contributed by atoms with Crippen molar-refractivity contribution in [1.82, 2.24) is 0 Å². The first-order chi connectivity index (χ1) is 11.6. The summed E-state index contributed by atoms with van der Waals surface area (Å²) in [4.78, 5) is 13.3. The summed E-state index contributed by atoms with van der Waals surface area (Å²) in [6.45, 7) is 2.18. The average molecular weight is 346 g/mol. The largest absolute Gasteiger partial charge is 0.289 e. The zero-order chi connectivity index (χ0) is 17.4. The summed E-state index contributed by atoms with van der Waals surface area (Å²) in [6, 6.07) is 11.0. The van der Waals surface area contributed by atoms with Gasteiger partial charge < -0.3 is 0 Å². The van der Waals surface area contributed by atoms with Crippen LogP contribution in [0.4, 0.5) is 8.78 Å². The number of carbonyl (C=O) groups excluding carboxylic acids is 1. The molecule has 0 bridgehead atoms. The fourth-order valence-corrected chi connectivity index (χ4v) is 3.05. The second kappa shape index (κ2) is 9.38. The van der Waals surface area contributed by atoms with Crippen LogP contribution in [0.5, 0.6) is 0 Å². The maximum atomic E-state index is 13.1. The Balaban J connectivity index is 1.94. The van der Waals surface area contributed by atoms with Gasteiger partial charge >= 0.3 is 0 Å². The molecule has 0 unspecified atom stereocenters. The minimum atomic E-state index is -0.922. The Labute approximate surface area is 145 Å². The monoisotopic (exact) mass is 346 g/mol. The Bertz CT molecular complexity index is 708. The van der Waals surface area contributed by atoms with Crippen LogP contribution in [0, 0.1) is 11.6 Å². The molecule has 1 nitrogen and oxygen atoms in total. The molecular formula is C20H20F2OS. The van der Waals surface area contributed by atoms with Gasteiger partial charge in [0.15, 0.2) is 17.4 Å². The lowest BCUT2D eigenvalue weighted by Gasteiger charge is -2.02. The predicted octanol–water partition coefficient (Wildman–Crippen LogP) is 6.14. The number of thioether (sulfide) groups is 1. The number of benzene rings is 2. The van der Waals surface area contributed by atoms with Gasteiger partial charge in [-0.3, -0.25) is 4.79 Å². The van der Waals surface area contributed by atoms with Crippen molar-refractivity contribution >= 4 is 23.6 Å². The first kappa shape index (κ1) is 18.4. The van der Waals surface area contributed by atoms with Crippen molar-refractivity contribution in [2.24, 2.45) is 0 Å². The molecule has 0 saturated heterocycles. The highest BCUT2D eigenvalue weighted by atomic mass is 32.2. The number of unbranched alkanes of at least 4 members (excludes halogenated alkanes) is 2. The third kappa shape index (κ3) is 5.60. The van der Waals surface area contributed by atoms with Crippen LogP contribution < -0.4 is 0 Å². The molecular weight excluding hydrogens is 326 g/mol. The zero-order valence-electron chi connectivity index (χ0n) is 13.6. The quantitative estimate of drug-likeness (QED) is 0.247. The number of rotatable bonds is 8. The van der Waals surface area contributed by atoms with E-state index in [1.165, 1.54) is 37.5 Å². The SMILES string of the molecule is CCCCCSc1ccc(C(=O)/C=C/c2ccc(F)c(F)c2)cc1. The standard InChI is InChI=1S/C20H20F2OS/c1-2-3-4-13-24-17-9-7-16(8-10-17)20(23)12-6-15-5-11-18(21)19(22)14-15/h5-12,14H,2-4,13H2,1H3/b12-6+. The van der Waals surface area contributed by atoms with Crippen LogP contribution in [0.15, 0.2) is 53.4 Å². The van der Waals surface area contributed by atoms with Crippen molar-refractivity contribution in [1.29, 1.82) is 0 Å². The molecule has 2 aromatic carbocycles. The van der Waals surface area contributed by atoms with Crippen LogP contribution in [0.1, 0.15) is 42.1 Å². The van der Waals surface area contributed by atoms with Gasteiger partial charge in [-0.15, -0.1) is 11.8 Å². The van der Waals surface area contributed by atoms with Crippen molar-refractivity contribution in [3.8, 4) is 0 Å². The first-order valence-corrected chi connectivity index (χ1v) is 8.99. The molecule has 24 heavy (non-hydrogen) atoms. The minimum absolute atomic E-state index is 0.165. The summed E-state index contributed by atoms with van der Waals surface area (Å²) in [5.41, 5.74) is 1.03. The van der Waals surface area contributed by atoms with E-state index in [0.717, 1.165) is 22.8 Å². The molecule has 0 aliphatic carbocycles. The van der Waals surface area contributed by atoms with Gasteiger partial charge in [0, 0.05) is 10.5 Å². The van der Waals surface area contributed by atoms with E-state index in [9.17, 15) is 13.6 Å². The van der Waals surface area contributed by atoms with E-state index in [1.807, 2.05) is 12.1 Å². The fourth-order valence-electron chi connectivity index (χ4n) is 2.14. The summed E-state index contributed by atoms with van der Waals surface area (Å²) in [5, 5.41) is 0. The molecule has 0 radical (unpaired) electrons. The van der Waals surface area contributed by atoms with Gasteiger partial charge in [0.25, 0.3) is 0 Å². The molecule has 0 fully saturated rings. The van der Waals surface area contributed by atoms with Gasteiger partial charge in [-0.1, -0.05) is 31.9 Å². The second-order valence-corrected chi connectivity index (χ2v) is 6.62. The van der Waals surface area contributed by atoms with Gasteiger partial charge in [0.1, 0.15) is 0 Å². The lowest BCUT2D eigenvalue weighted by Crippen LogP contribution is -1.94. The van der Waals surface area contributed by atoms with E-state index in [2.05, 4.69) is 6.92 Å². The maximum absolute atomic E-state index is 13.1. The second-order valence-electron chi connectivity index (χ2n) is 5.45. The number of allylic oxidation sites excluding steroid dienone is 1. The van der Waals surface area contributed by atoms with Crippen molar-refractivity contribution in [2.45, 2.75) is 31.1 Å². The van der Waals surface area contributed by atoms with E-state index >= 15 is 0 Å². The molecule has 0 amide bonds. The van der Waals surface area contributed by atoms with E-state index < -0.39 is 11.6 Å². The number of ketones is 1. The normalized spacial score (nSPS) is 11.1. The lowest BCUT2D eigenvalue weighted by molar-refractivity contribution is 0.104. The Morgan fingerprint density at radius 3 is 2.46 bits per heavy atom. The number of hydrogen-bond acceptors (Lipinski definition) is 2. The minimum Gasteiger partial charge on any atom is -0.289 e. The van der Waals surface area contributed by atoms with Crippen LogP contribution in [-0.4, -0.2) is 11.5 Å². The summed E-state index contributed by atoms with van der Waals surface area (Å²) in [5.74, 6) is -0.904. The van der Waals surface area contributed by atoms with Crippen LogP contribution in [0.3, 0.4) is 0 Å². The molecule has 0 aliphatic rings. The van der Waals surface area contributed by atoms with E-state index in [4.69, 9.17) is 0 Å². The Morgan fingerprint density at radius 1 is 1.04 bits per heavy atom. The Hall–Kier alpha value is -1.94. The third-order valence-electron chi connectivity index (χ3n) is 3.53. The smallest absolute Gasteiger partial charge is 0.185 e. The Morgan fingerprint density at radius 2 is 1.79 bits per heavy atom. The van der Waals surface area contributed by atoms with Crippen LogP contribution >= 0.6 is 11.8 Å². The molecule has 0 spiro atoms. The Kier molecular flexibility index (Phi) is 7.19. The van der Waals surface area contributed by atoms with Crippen LogP contribution in [0.2, 0.25) is 0 Å². The fraction of sp³-hybridized carbons (Fsp3) is 0.250. The number of carbonyl (C=O) groups is 1. The molecule has 0 heterocycles. The molecule has 2 aromatic rings. The molecule has 0 aliphatic heterocycles. The predicted molar refractivity (Wildman–Crippen MR) is 96.4 cm³/mol. The van der Waals surface area contributed by atoms with Gasteiger partial charge in [0.2, 0.25) is 0 Å². The van der Waals surface area contributed by atoms with Crippen molar-refractivity contribution < 1.29 is 13.6 Å². The van der Waals surface area contributed by atoms with Gasteiger partial charge in [0.05, 0.1) is 0 Å². The number of halogens is 2. The summed E-state index contributed by atoms with van der Waals surface area (Å²) in [6.07, 6.45) is 6.49. The molecule has 0 saturated carbocycles. The van der Waals surface area contributed by atoms with Crippen molar-refractivity contribution in [2.75, 3.05) is 5.75 Å². The average Bonchev–Trinajstić information content (AvgIpc) is 2.60. The van der Waals surface area contributed by atoms with Crippen molar-refractivity contribution in [3.63, 3.8) is 0 Å². The topological polar surface area (TPSA) is 17.1 Å². The molecule has 4 heteroatoms. The maximum Gasteiger partial charge on any atom is 0.185 e. The highest BCUT2D eigenvalue weighted by Gasteiger charge is 2.04. The lowest BCUT2D eigenvalue weighted by atomic mass is 10.1. The molecule has 0 N–H and O–H groups in total. The molecule has 2 rings (SSSR count). The third-order valence-corrected chi connectivity index (χ3v) is 4.62. The van der Waals surface area contributed by atoms with Gasteiger partial charge in [-0.25, -0.2) is 8.78 Å². The van der Waals surface area contributed by atoms with Gasteiger partial charge in [-0.2, -0.15) is 0 Å². The molecule has 126 valence electrons. The zero-order valence-corrected chi connectivity index (χ0v) is 14.4. The summed E-state index contributed by atoms with van der Waals surface area (Å²) >= 11 is 1.79. The van der Waals surface area contributed by atoms with Crippen LogP contribution in [-0.2, 0) is 0 Å². The van der Waals surface area contributed by atoms with E-state index in [1.54, 1.807) is 23.9 Å². The van der Waals surface area contributed by atoms with Gasteiger partial charge in [-0.05, 0) is 60.2 Å². The van der Waals surface area contributed by atoms with Crippen LogP contribution in [0.25, 0.3) is 6.08 Å². The first-order valence-electron chi connectivity index (χ1n) is 8.00. The molecule has 0 aromatic heterocycles. The highest BCUT2D eigenvalue weighted by Crippen LogP contribution is 2.20. The highest BCUT2D eigenvalue weighted by molar-refractivity contribution is 7.99.